The Balaban J connectivity index is 0.000000490. The lowest BCUT2D eigenvalue weighted by Crippen LogP contribution is -2.24. The summed E-state index contributed by atoms with van der Waals surface area (Å²) in [5.41, 5.74) is 3.81. The molecule has 0 aromatic carbocycles. The fourth-order valence-electron chi connectivity index (χ4n) is 0.417. The third-order valence-electron chi connectivity index (χ3n) is 1.30. The van der Waals surface area contributed by atoms with Crippen LogP contribution < -0.4 is 5.73 Å². The van der Waals surface area contributed by atoms with Crippen molar-refractivity contribution in [1.82, 2.24) is 0 Å². The van der Waals surface area contributed by atoms with Crippen LogP contribution >= 0.6 is 12.4 Å². The highest BCUT2D eigenvalue weighted by atomic mass is 35.5. The fourth-order valence-corrected chi connectivity index (χ4v) is 0.417. The summed E-state index contributed by atoms with van der Waals surface area (Å²) in [7, 11) is 0. The van der Waals surface area contributed by atoms with E-state index in [2.05, 4.69) is 0 Å². The maximum atomic E-state index is 11.8. The number of nitrogens with two attached hydrogens (primary N) is 1. The topological polar surface area (TPSA) is 26.0 Å². The summed E-state index contributed by atoms with van der Waals surface area (Å²) < 4.78 is 23.6. The summed E-state index contributed by atoms with van der Waals surface area (Å²) in [4.78, 5) is 0. The van der Waals surface area contributed by atoms with Crippen molar-refractivity contribution in [3.8, 4) is 0 Å². The average molecular weight is 144 g/mol. The first-order valence-corrected chi connectivity index (χ1v) is 2.12. The molecule has 0 bridgehead atoms. The van der Waals surface area contributed by atoms with Crippen molar-refractivity contribution in [1.29, 1.82) is 0 Å². The lowest BCUT2D eigenvalue weighted by atomic mass is 10.3. The summed E-state index contributed by atoms with van der Waals surface area (Å²) in [6.07, 6.45) is -0.153. The van der Waals surface area contributed by atoms with E-state index in [9.17, 15) is 8.78 Å². The molecular formula is C4H8ClF2N. The van der Waals surface area contributed by atoms with Gasteiger partial charge in [-0.3, -0.25) is 0 Å². The molecule has 2 N–H and O–H groups in total. The predicted octanol–water partition coefficient (Wildman–Crippen LogP) is 1.16. The molecule has 1 saturated carbocycles. The summed E-state index contributed by atoms with van der Waals surface area (Å²) in [6.45, 7) is 1.35. The van der Waals surface area contributed by atoms with Gasteiger partial charge in [-0.25, -0.2) is 8.78 Å². The zero-order valence-electron chi connectivity index (χ0n) is 4.45. The Kier molecular flexibility index (Phi) is 1.57. The second-order valence-electron chi connectivity index (χ2n) is 2.30. The van der Waals surface area contributed by atoms with Crippen LogP contribution in [0.5, 0.6) is 0 Å². The van der Waals surface area contributed by atoms with Gasteiger partial charge in [0, 0.05) is 6.42 Å². The second kappa shape index (κ2) is 1.54. The second-order valence-corrected chi connectivity index (χ2v) is 2.30. The molecule has 50 valence electrons. The fraction of sp³-hybridized carbons (Fsp3) is 1.00. The molecule has 1 fully saturated rings. The Hall–Kier alpha value is 0.110. The summed E-state index contributed by atoms with van der Waals surface area (Å²) in [5.74, 6) is -2.58. The normalized spacial score (nSPS) is 40.5. The number of rotatable bonds is 0. The monoisotopic (exact) mass is 143 g/mol. The third-order valence-corrected chi connectivity index (χ3v) is 1.30. The van der Waals surface area contributed by atoms with E-state index >= 15 is 0 Å². The molecule has 1 nitrogen and oxygen atoms in total. The molecule has 4 heteroatoms. The van der Waals surface area contributed by atoms with Gasteiger partial charge in [-0.2, -0.15) is 0 Å². The standard InChI is InChI=1S/C4H7F2N.ClH/c1-3(7)2-4(3,5)6;/h2,7H2,1H3;1H/t3-;/m0./s1. The molecule has 0 aromatic heterocycles. The van der Waals surface area contributed by atoms with Crippen LogP contribution in [-0.4, -0.2) is 11.5 Å². The zero-order valence-corrected chi connectivity index (χ0v) is 5.27. The molecule has 1 aliphatic carbocycles. The van der Waals surface area contributed by atoms with Crippen molar-refractivity contribution in [2.75, 3.05) is 0 Å². The van der Waals surface area contributed by atoms with Crippen molar-refractivity contribution in [2.45, 2.75) is 24.8 Å². The van der Waals surface area contributed by atoms with Gasteiger partial charge in [-0.1, -0.05) is 0 Å². The van der Waals surface area contributed by atoms with Gasteiger partial charge in [0.1, 0.15) is 0 Å². The Bertz CT molecular complexity index is 90.2. The maximum absolute atomic E-state index is 11.8. The van der Waals surface area contributed by atoms with Crippen molar-refractivity contribution in [3.63, 3.8) is 0 Å². The predicted molar refractivity (Wildman–Crippen MR) is 29.4 cm³/mol. The Morgan fingerprint density at radius 1 is 1.50 bits per heavy atom. The minimum atomic E-state index is -2.58. The van der Waals surface area contributed by atoms with Crippen LogP contribution in [0, 0.1) is 0 Å². The van der Waals surface area contributed by atoms with Gasteiger partial charge in [-0.05, 0) is 6.92 Å². The van der Waals surface area contributed by atoms with Crippen LogP contribution in [0.1, 0.15) is 13.3 Å². The van der Waals surface area contributed by atoms with Gasteiger partial charge < -0.3 is 5.73 Å². The molecule has 8 heavy (non-hydrogen) atoms. The van der Waals surface area contributed by atoms with Crippen LogP contribution in [0.25, 0.3) is 0 Å². The molecule has 0 heterocycles. The molecular weight excluding hydrogens is 136 g/mol. The van der Waals surface area contributed by atoms with Gasteiger partial charge in [0.15, 0.2) is 0 Å². The van der Waals surface area contributed by atoms with E-state index in [1.54, 1.807) is 0 Å². The average Bonchev–Trinajstić information content (AvgIpc) is 1.63. The summed E-state index contributed by atoms with van der Waals surface area (Å²) in [6, 6.07) is 0. The lowest BCUT2D eigenvalue weighted by Gasteiger charge is -1.96. The Labute approximate surface area is 52.7 Å². The van der Waals surface area contributed by atoms with Gasteiger partial charge in [-0.15, -0.1) is 12.4 Å². The number of halogens is 3. The minimum Gasteiger partial charge on any atom is -0.320 e. The van der Waals surface area contributed by atoms with Crippen LogP contribution in [-0.2, 0) is 0 Å². The van der Waals surface area contributed by atoms with Gasteiger partial charge in [0.2, 0.25) is 0 Å². The highest BCUT2D eigenvalue weighted by molar-refractivity contribution is 5.85. The van der Waals surface area contributed by atoms with Gasteiger partial charge in [0.05, 0.1) is 5.54 Å². The highest BCUT2D eigenvalue weighted by Gasteiger charge is 2.65. The Morgan fingerprint density at radius 2 is 1.62 bits per heavy atom. The molecule has 1 rings (SSSR count). The van der Waals surface area contributed by atoms with Crippen molar-refractivity contribution in [2.24, 2.45) is 5.73 Å². The summed E-state index contributed by atoms with van der Waals surface area (Å²) in [5, 5.41) is 0. The van der Waals surface area contributed by atoms with E-state index in [0.717, 1.165) is 0 Å². The quantitative estimate of drug-likeness (QED) is 0.541. The highest BCUT2D eigenvalue weighted by Crippen LogP contribution is 2.49. The van der Waals surface area contributed by atoms with Crippen molar-refractivity contribution in [3.05, 3.63) is 0 Å². The van der Waals surface area contributed by atoms with E-state index in [0.29, 0.717) is 0 Å². The molecule has 0 unspecified atom stereocenters. The molecule has 0 spiro atoms. The number of hydrogen-bond donors (Lipinski definition) is 1. The van der Waals surface area contributed by atoms with E-state index in [1.165, 1.54) is 6.92 Å². The molecule has 0 aliphatic heterocycles. The van der Waals surface area contributed by atoms with Crippen LogP contribution in [0.2, 0.25) is 0 Å². The SMILES string of the molecule is C[C@]1(N)CC1(F)F.Cl. The lowest BCUT2D eigenvalue weighted by molar-refractivity contribution is 0.0937. The van der Waals surface area contributed by atoms with E-state index in [4.69, 9.17) is 5.73 Å². The van der Waals surface area contributed by atoms with Gasteiger partial charge >= 0.3 is 0 Å². The maximum Gasteiger partial charge on any atom is 0.267 e. The molecule has 1 aliphatic rings. The third kappa shape index (κ3) is 0.928. The Morgan fingerprint density at radius 3 is 1.62 bits per heavy atom. The van der Waals surface area contributed by atoms with Crippen molar-refractivity contribution >= 4 is 12.4 Å². The van der Waals surface area contributed by atoms with Crippen LogP contribution in [0.4, 0.5) is 8.78 Å². The first-order valence-electron chi connectivity index (χ1n) is 2.12. The largest absolute Gasteiger partial charge is 0.320 e. The summed E-state index contributed by atoms with van der Waals surface area (Å²) >= 11 is 0. The smallest absolute Gasteiger partial charge is 0.267 e. The minimum absolute atomic E-state index is 0. The molecule has 0 amide bonds. The van der Waals surface area contributed by atoms with Crippen molar-refractivity contribution < 1.29 is 8.78 Å². The first kappa shape index (κ1) is 8.11. The van der Waals surface area contributed by atoms with E-state index < -0.39 is 11.5 Å². The van der Waals surface area contributed by atoms with Crippen LogP contribution in [0.3, 0.4) is 0 Å². The van der Waals surface area contributed by atoms with Gasteiger partial charge in [0.25, 0.3) is 5.92 Å². The zero-order chi connectivity index (χ0) is 5.71. The molecule has 0 saturated heterocycles. The first-order chi connectivity index (χ1) is 2.96. The molecule has 1 atom stereocenters. The van der Waals surface area contributed by atoms with E-state index in [1.807, 2.05) is 0 Å². The number of alkyl halides is 2. The molecule has 0 radical (unpaired) electrons. The number of hydrogen-bond acceptors (Lipinski definition) is 1. The van der Waals surface area contributed by atoms with E-state index in [-0.39, 0.29) is 18.8 Å². The molecule has 0 aromatic rings. The van der Waals surface area contributed by atoms with Crippen LogP contribution in [0.15, 0.2) is 0 Å².